The number of nitrogens with zero attached hydrogens (tertiary/aromatic N) is 2. The Morgan fingerprint density at radius 1 is 1.26 bits per heavy atom. The number of fused-ring (bicyclic) bond motifs is 1. The molecule has 6 heteroatoms. The monoisotopic (exact) mass is 373 g/mol. The summed E-state index contributed by atoms with van der Waals surface area (Å²) in [6.07, 6.45) is 2.88. The smallest absolute Gasteiger partial charge is 0.319 e. The quantitative estimate of drug-likeness (QED) is 0.886. The first-order valence-corrected chi connectivity index (χ1v) is 9.83. The van der Waals surface area contributed by atoms with Crippen LogP contribution in [0.25, 0.3) is 0 Å². The van der Waals surface area contributed by atoms with E-state index in [1.165, 1.54) is 0 Å². The predicted molar refractivity (Wildman–Crippen MR) is 105 cm³/mol. The lowest BCUT2D eigenvalue weighted by Gasteiger charge is -2.47. The van der Waals surface area contributed by atoms with Gasteiger partial charge in [0.15, 0.2) is 0 Å². The number of piperidine rings is 1. The van der Waals surface area contributed by atoms with E-state index in [1.807, 2.05) is 36.9 Å². The first-order chi connectivity index (χ1) is 12.8. The van der Waals surface area contributed by atoms with Crippen LogP contribution in [0.15, 0.2) is 24.3 Å². The molecular weight excluding hydrogens is 342 g/mol. The molecule has 1 saturated heterocycles. The van der Waals surface area contributed by atoms with E-state index in [4.69, 9.17) is 4.74 Å². The number of ether oxygens (including phenoxy) is 1. The summed E-state index contributed by atoms with van der Waals surface area (Å²) in [5.41, 5.74) is 0.828. The van der Waals surface area contributed by atoms with E-state index >= 15 is 0 Å². The topological polar surface area (TPSA) is 61.9 Å². The van der Waals surface area contributed by atoms with Gasteiger partial charge in [-0.05, 0) is 31.9 Å². The minimum Gasteiger partial charge on any atom is -0.487 e. The van der Waals surface area contributed by atoms with Gasteiger partial charge in [0, 0.05) is 58.4 Å². The van der Waals surface area contributed by atoms with E-state index in [1.54, 1.807) is 19.0 Å². The summed E-state index contributed by atoms with van der Waals surface area (Å²) < 4.78 is 6.46. The Labute approximate surface area is 161 Å². The molecule has 0 saturated carbocycles. The molecule has 2 aliphatic rings. The van der Waals surface area contributed by atoms with Gasteiger partial charge in [-0.25, -0.2) is 4.79 Å². The number of carbonyl (C=O) groups is 2. The highest BCUT2D eigenvalue weighted by molar-refractivity contribution is 5.77. The van der Waals surface area contributed by atoms with Gasteiger partial charge in [-0.3, -0.25) is 4.79 Å². The van der Waals surface area contributed by atoms with Gasteiger partial charge in [0.25, 0.3) is 0 Å². The first-order valence-electron chi connectivity index (χ1n) is 9.83. The van der Waals surface area contributed by atoms with Crippen molar-refractivity contribution in [3.8, 4) is 5.75 Å². The van der Waals surface area contributed by atoms with Crippen LogP contribution in [0.4, 0.5) is 4.79 Å². The maximum absolute atomic E-state index is 12.4. The molecule has 1 fully saturated rings. The number of benzene rings is 1. The summed E-state index contributed by atoms with van der Waals surface area (Å²) in [4.78, 5) is 28.2. The second-order valence-corrected chi connectivity index (χ2v) is 8.31. The summed E-state index contributed by atoms with van der Waals surface area (Å²) in [5, 5.41) is 3.01. The molecule has 1 aromatic carbocycles. The third-order valence-corrected chi connectivity index (χ3v) is 5.51. The van der Waals surface area contributed by atoms with Gasteiger partial charge in [0.2, 0.25) is 5.91 Å². The van der Waals surface area contributed by atoms with Crippen LogP contribution in [0, 0.1) is 0 Å². The third kappa shape index (κ3) is 4.37. The molecule has 0 aromatic heterocycles. The van der Waals surface area contributed by atoms with Crippen molar-refractivity contribution in [3.63, 3.8) is 0 Å². The molecule has 1 N–H and O–H groups in total. The van der Waals surface area contributed by atoms with E-state index in [-0.39, 0.29) is 29.5 Å². The molecular formula is C21H31N3O3. The zero-order chi connectivity index (χ0) is 19.6. The lowest BCUT2D eigenvalue weighted by Crippen LogP contribution is -2.53. The van der Waals surface area contributed by atoms with Crippen molar-refractivity contribution in [1.82, 2.24) is 15.1 Å². The summed E-state index contributed by atoms with van der Waals surface area (Å²) in [7, 11) is 3.56. The summed E-state index contributed by atoms with van der Waals surface area (Å²) in [6, 6.07) is 8.25. The zero-order valence-electron chi connectivity index (χ0n) is 16.8. The van der Waals surface area contributed by atoms with Crippen molar-refractivity contribution < 1.29 is 14.3 Å². The van der Waals surface area contributed by atoms with Crippen molar-refractivity contribution >= 4 is 11.9 Å². The van der Waals surface area contributed by atoms with Crippen molar-refractivity contribution in [1.29, 1.82) is 0 Å². The Balaban J connectivity index is 1.76. The molecule has 0 radical (unpaired) electrons. The van der Waals surface area contributed by atoms with Gasteiger partial charge >= 0.3 is 6.03 Å². The Morgan fingerprint density at radius 2 is 1.93 bits per heavy atom. The number of carbonyl (C=O) groups excluding carboxylic acids is 2. The van der Waals surface area contributed by atoms with Crippen LogP contribution < -0.4 is 10.1 Å². The maximum Gasteiger partial charge on any atom is 0.319 e. The second-order valence-electron chi connectivity index (χ2n) is 8.31. The molecule has 1 aromatic rings. The molecule has 2 aliphatic heterocycles. The molecule has 1 unspecified atom stereocenters. The molecule has 27 heavy (non-hydrogen) atoms. The second kappa shape index (κ2) is 7.79. The van der Waals surface area contributed by atoms with Crippen LogP contribution in [-0.4, -0.2) is 60.6 Å². The number of rotatable bonds is 3. The van der Waals surface area contributed by atoms with Crippen LogP contribution in [0.2, 0.25) is 0 Å². The summed E-state index contributed by atoms with van der Waals surface area (Å²) >= 11 is 0. The lowest BCUT2D eigenvalue weighted by atomic mass is 9.76. The average Bonchev–Trinajstić information content (AvgIpc) is 2.61. The highest BCUT2D eigenvalue weighted by Crippen LogP contribution is 2.46. The molecule has 2 heterocycles. The fraction of sp³-hybridized carbons (Fsp3) is 0.619. The number of hydrogen-bond donors (Lipinski definition) is 1. The molecule has 3 rings (SSSR count). The van der Waals surface area contributed by atoms with E-state index in [0.29, 0.717) is 19.5 Å². The Kier molecular flexibility index (Phi) is 5.63. The summed E-state index contributed by atoms with van der Waals surface area (Å²) in [5.74, 6) is 1.12. The van der Waals surface area contributed by atoms with Gasteiger partial charge < -0.3 is 19.9 Å². The number of hydrogen-bond acceptors (Lipinski definition) is 3. The third-order valence-electron chi connectivity index (χ3n) is 5.51. The van der Waals surface area contributed by atoms with E-state index in [0.717, 1.165) is 30.6 Å². The minimum atomic E-state index is -0.291. The van der Waals surface area contributed by atoms with Gasteiger partial charge in [-0.1, -0.05) is 18.2 Å². The van der Waals surface area contributed by atoms with Gasteiger partial charge in [-0.2, -0.15) is 0 Å². The van der Waals surface area contributed by atoms with Gasteiger partial charge in [-0.15, -0.1) is 0 Å². The largest absolute Gasteiger partial charge is 0.487 e. The van der Waals surface area contributed by atoms with Crippen molar-refractivity contribution in [3.05, 3.63) is 29.8 Å². The Bertz CT molecular complexity index is 694. The number of likely N-dealkylation sites (tertiary alicyclic amines) is 1. The molecule has 1 atom stereocenters. The molecule has 1 spiro atoms. The Morgan fingerprint density at radius 3 is 2.56 bits per heavy atom. The van der Waals surface area contributed by atoms with Crippen LogP contribution in [0.3, 0.4) is 0 Å². The predicted octanol–water partition coefficient (Wildman–Crippen LogP) is 2.98. The number of para-hydroxylation sites is 1. The number of amides is 3. The van der Waals surface area contributed by atoms with E-state index < -0.39 is 0 Å². The zero-order valence-corrected chi connectivity index (χ0v) is 16.8. The van der Waals surface area contributed by atoms with E-state index in [2.05, 4.69) is 11.4 Å². The Hall–Kier alpha value is -2.24. The molecule has 0 bridgehead atoms. The maximum atomic E-state index is 12.4. The average molecular weight is 373 g/mol. The molecule has 6 nitrogen and oxygen atoms in total. The summed E-state index contributed by atoms with van der Waals surface area (Å²) in [6.45, 7) is 5.33. The van der Waals surface area contributed by atoms with Crippen LogP contribution in [-0.2, 0) is 4.79 Å². The standard InChI is InChI=1S/C21H31N3O3/c1-15(2)22-19(25)13-16-14-21(27-18-8-6-5-7-17(16)18)9-11-24(12-10-21)20(26)23(3)4/h5-8,15-16H,9-14H2,1-4H3,(H,22,25). The highest BCUT2D eigenvalue weighted by atomic mass is 16.5. The van der Waals surface area contributed by atoms with Crippen LogP contribution in [0.1, 0.15) is 51.0 Å². The molecule has 148 valence electrons. The van der Waals surface area contributed by atoms with Crippen molar-refractivity contribution in [2.45, 2.75) is 57.1 Å². The van der Waals surface area contributed by atoms with E-state index in [9.17, 15) is 9.59 Å². The fourth-order valence-corrected chi connectivity index (χ4v) is 4.23. The molecule has 0 aliphatic carbocycles. The highest BCUT2D eigenvalue weighted by Gasteiger charge is 2.44. The first kappa shape index (κ1) is 19.5. The van der Waals surface area contributed by atoms with Crippen LogP contribution >= 0.6 is 0 Å². The number of urea groups is 1. The van der Waals surface area contributed by atoms with Crippen molar-refractivity contribution in [2.24, 2.45) is 0 Å². The normalized spacial score (nSPS) is 20.8. The van der Waals surface area contributed by atoms with Crippen LogP contribution in [0.5, 0.6) is 5.75 Å². The SMILES string of the molecule is CC(C)NC(=O)CC1CC2(CCN(C(=O)N(C)C)CC2)Oc2ccccc21. The van der Waals surface area contributed by atoms with Gasteiger partial charge in [0.05, 0.1) is 0 Å². The van der Waals surface area contributed by atoms with Gasteiger partial charge in [0.1, 0.15) is 11.4 Å². The lowest BCUT2D eigenvalue weighted by molar-refractivity contribution is -0.122. The number of nitrogens with one attached hydrogen (secondary N) is 1. The molecule has 3 amide bonds. The van der Waals surface area contributed by atoms with Crippen molar-refractivity contribution in [2.75, 3.05) is 27.2 Å². The fourth-order valence-electron chi connectivity index (χ4n) is 4.23. The minimum absolute atomic E-state index is 0.0499.